The largest absolute Gasteiger partial charge is 0.477 e. The third-order valence-corrected chi connectivity index (χ3v) is 3.49. The summed E-state index contributed by atoms with van der Waals surface area (Å²) in [6.45, 7) is 1.000. The Balaban J connectivity index is 2.21. The molecule has 2 N–H and O–H groups in total. The van der Waals surface area contributed by atoms with Gasteiger partial charge in [0, 0.05) is 6.04 Å². The normalized spacial score (nSPS) is 22.1. The molecule has 0 spiro atoms. The summed E-state index contributed by atoms with van der Waals surface area (Å²) in [6, 6.07) is 2.18. The van der Waals surface area contributed by atoms with E-state index in [1.807, 2.05) is 11.4 Å². The minimum atomic E-state index is -0.803. The van der Waals surface area contributed by atoms with E-state index in [0.29, 0.717) is 4.88 Å². The smallest absolute Gasteiger partial charge is 0.346 e. The SMILES string of the molecule is O=C(O)c1sccc1C1CCCCN1. The second-order valence-electron chi connectivity index (χ2n) is 3.51. The number of carboxylic acid groups (broad SMARTS) is 1. The van der Waals surface area contributed by atoms with E-state index in [-0.39, 0.29) is 6.04 Å². The van der Waals surface area contributed by atoms with Gasteiger partial charge >= 0.3 is 5.97 Å². The fourth-order valence-electron chi connectivity index (χ4n) is 1.88. The summed E-state index contributed by atoms with van der Waals surface area (Å²) in [5, 5.41) is 14.2. The highest BCUT2D eigenvalue weighted by Crippen LogP contribution is 2.28. The zero-order chi connectivity index (χ0) is 9.97. The number of carbonyl (C=O) groups is 1. The van der Waals surface area contributed by atoms with Gasteiger partial charge in [-0.25, -0.2) is 4.79 Å². The van der Waals surface area contributed by atoms with E-state index in [0.717, 1.165) is 18.5 Å². The summed E-state index contributed by atoms with van der Waals surface area (Å²) in [5.41, 5.74) is 0.960. The molecule has 1 atom stereocenters. The number of carboxylic acids is 1. The lowest BCUT2D eigenvalue weighted by molar-refractivity contribution is 0.0700. The summed E-state index contributed by atoms with van der Waals surface area (Å²) in [5.74, 6) is -0.803. The Morgan fingerprint density at radius 3 is 3.07 bits per heavy atom. The van der Waals surface area contributed by atoms with E-state index < -0.39 is 5.97 Å². The quantitative estimate of drug-likeness (QED) is 0.789. The molecule has 2 rings (SSSR count). The van der Waals surface area contributed by atoms with E-state index in [1.54, 1.807) is 0 Å². The second-order valence-corrected chi connectivity index (χ2v) is 4.43. The lowest BCUT2D eigenvalue weighted by atomic mass is 9.98. The van der Waals surface area contributed by atoms with Crippen LogP contribution in [0.4, 0.5) is 0 Å². The number of hydrogen-bond acceptors (Lipinski definition) is 3. The third-order valence-electron chi connectivity index (χ3n) is 2.58. The molecule has 0 amide bonds. The second kappa shape index (κ2) is 4.11. The van der Waals surface area contributed by atoms with Crippen molar-refractivity contribution in [3.63, 3.8) is 0 Å². The van der Waals surface area contributed by atoms with Crippen LogP contribution in [0.5, 0.6) is 0 Å². The van der Waals surface area contributed by atoms with Gasteiger partial charge in [0.15, 0.2) is 0 Å². The van der Waals surface area contributed by atoms with Crippen LogP contribution in [-0.4, -0.2) is 17.6 Å². The van der Waals surface area contributed by atoms with Crippen LogP contribution in [0.1, 0.15) is 40.5 Å². The van der Waals surface area contributed by atoms with Crippen molar-refractivity contribution in [1.29, 1.82) is 0 Å². The number of nitrogens with one attached hydrogen (secondary N) is 1. The number of aromatic carboxylic acids is 1. The Morgan fingerprint density at radius 1 is 1.57 bits per heavy atom. The van der Waals surface area contributed by atoms with E-state index in [9.17, 15) is 4.79 Å². The number of piperidine rings is 1. The molecule has 2 heterocycles. The van der Waals surface area contributed by atoms with Crippen molar-refractivity contribution >= 4 is 17.3 Å². The first kappa shape index (κ1) is 9.68. The van der Waals surface area contributed by atoms with Crippen LogP contribution >= 0.6 is 11.3 Å². The van der Waals surface area contributed by atoms with Gasteiger partial charge < -0.3 is 10.4 Å². The molecule has 0 radical (unpaired) electrons. The number of thiophene rings is 1. The topological polar surface area (TPSA) is 49.3 Å². The molecule has 1 aromatic rings. The van der Waals surface area contributed by atoms with Crippen molar-refractivity contribution in [2.45, 2.75) is 25.3 Å². The van der Waals surface area contributed by atoms with E-state index >= 15 is 0 Å². The highest BCUT2D eigenvalue weighted by molar-refractivity contribution is 7.12. The van der Waals surface area contributed by atoms with Crippen molar-refractivity contribution in [3.05, 3.63) is 21.9 Å². The van der Waals surface area contributed by atoms with E-state index in [2.05, 4.69) is 5.32 Å². The Morgan fingerprint density at radius 2 is 2.43 bits per heavy atom. The first-order chi connectivity index (χ1) is 6.79. The molecule has 1 fully saturated rings. The molecule has 0 aliphatic carbocycles. The van der Waals surface area contributed by atoms with Gasteiger partial charge in [0.05, 0.1) is 0 Å². The van der Waals surface area contributed by atoms with Crippen molar-refractivity contribution in [2.75, 3.05) is 6.54 Å². The van der Waals surface area contributed by atoms with Crippen molar-refractivity contribution < 1.29 is 9.90 Å². The van der Waals surface area contributed by atoms with Crippen LogP contribution in [-0.2, 0) is 0 Å². The molecule has 1 aliphatic rings. The van der Waals surface area contributed by atoms with Crippen molar-refractivity contribution in [1.82, 2.24) is 5.32 Å². The molecule has 76 valence electrons. The van der Waals surface area contributed by atoms with Gasteiger partial charge in [-0.2, -0.15) is 0 Å². The molecule has 1 unspecified atom stereocenters. The van der Waals surface area contributed by atoms with E-state index in [4.69, 9.17) is 5.11 Å². The van der Waals surface area contributed by atoms with Gasteiger partial charge in [0.25, 0.3) is 0 Å². The molecular formula is C10H13NO2S. The van der Waals surface area contributed by atoms with Crippen LogP contribution in [0.2, 0.25) is 0 Å². The highest BCUT2D eigenvalue weighted by Gasteiger charge is 2.21. The summed E-state index contributed by atoms with van der Waals surface area (Å²) >= 11 is 1.31. The van der Waals surface area contributed by atoms with Gasteiger partial charge in [-0.3, -0.25) is 0 Å². The number of hydrogen-bond donors (Lipinski definition) is 2. The van der Waals surface area contributed by atoms with Crippen LogP contribution in [0, 0.1) is 0 Å². The Bertz CT molecular complexity index is 329. The van der Waals surface area contributed by atoms with Gasteiger partial charge in [0.1, 0.15) is 4.88 Å². The van der Waals surface area contributed by atoms with Crippen molar-refractivity contribution in [2.24, 2.45) is 0 Å². The monoisotopic (exact) mass is 211 g/mol. The molecule has 3 nitrogen and oxygen atoms in total. The summed E-state index contributed by atoms with van der Waals surface area (Å²) in [7, 11) is 0. The highest BCUT2D eigenvalue weighted by atomic mass is 32.1. The van der Waals surface area contributed by atoms with Crippen LogP contribution in [0.15, 0.2) is 11.4 Å². The zero-order valence-electron chi connectivity index (χ0n) is 7.82. The molecule has 0 bridgehead atoms. The van der Waals surface area contributed by atoms with Gasteiger partial charge in [-0.15, -0.1) is 11.3 Å². The average molecular weight is 211 g/mol. The maximum absolute atomic E-state index is 10.9. The van der Waals surface area contributed by atoms with Crippen LogP contribution < -0.4 is 5.32 Å². The van der Waals surface area contributed by atoms with Gasteiger partial charge in [-0.05, 0) is 36.4 Å². The van der Waals surface area contributed by atoms with Crippen LogP contribution in [0.25, 0.3) is 0 Å². The Labute approximate surface area is 86.8 Å². The first-order valence-electron chi connectivity index (χ1n) is 4.83. The molecule has 1 aromatic heterocycles. The predicted octanol–water partition coefficient (Wildman–Crippen LogP) is 2.26. The third kappa shape index (κ3) is 1.81. The predicted molar refractivity (Wildman–Crippen MR) is 55.9 cm³/mol. The summed E-state index contributed by atoms with van der Waals surface area (Å²) in [6.07, 6.45) is 3.44. The van der Waals surface area contributed by atoms with Crippen LogP contribution in [0.3, 0.4) is 0 Å². The maximum atomic E-state index is 10.9. The molecule has 1 aliphatic heterocycles. The zero-order valence-corrected chi connectivity index (χ0v) is 8.64. The molecule has 1 saturated heterocycles. The summed E-state index contributed by atoms with van der Waals surface area (Å²) in [4.78, 5) is 11.4. The fourth-order valence-corrected chi connectivity index (χ4v) is 2.68. The molecule has 0 saturated carbocycles. The van der Waals surface area contributed by atoms with E-state index in [1.165, 1.54) is 24.2 Å². The molecule has 14 heavy (non-hydrogen) atoms. The Kier molecular flexibility index (Phi) is 2.84. The van der Waals surface area contributed by atoms with Gasteiger partial charge in [0.2, 0.25) is 0 Å². The molecular weight excluding hydrogens is 198 g/mol. The standard InChI is InChI=1S/C10H13NO2S/c12-10(13)9-7(4-6-14-9)8-3-1-2-5-11-8/h4,6,8,11H,1-3,5H2,(H,12,13). The maximum Gasteiger partial charge on any atom is 0.346 e. The van der Waals surface area contributed by atoms with Gasteiger partial charge in [-0.1, -0.05) is 6.42 Å². The number of rotatable bonds is 2. The lowest BCUT2D eigenvalue weighted by Gasteiger charge is -2.23. The molecule has 0 aromatic carbocycles. The average Bonchev–Trinajstić information content (AvgIpc) is 2.67. The lowest BCUT2D eigenvalue weighted by Crippen LogP contribution is -2.27. The Hall–Kier alpha value is -0.870. The minimum absolute atomic E-state index is 0.251. The van der Waals surface area contributed by atoms with Crippen molar-refractivity contribution in [3.8, 4) is 0 Å². The first-order valence-corrected chi connectivity index (χ1v) is 5.71. The molecule has 4 heteroatoms. The fraction of sp³-hybridized carbons (Fsp3) is 0.500. The summed E-state index contributed by atoms with van der Waals surface area (Å²) < 4.78 is 0. The minimum Gasteiger partial charge on any atom is -0.477 e.